The number of rotatable bonds is 14. The Morgan fingerprint density at radius 2 is 1.18 bits per heavy atom. The zero-order chi connectivity index (χ0) is 33.7. The molecule has 18 heteroatoms. The number of ether oxygens (including phenoxy) is 4. The van der Waals surface area contributed by atoms with E-state index in [4.69, 9.17) is 14.0 Å². The SMILES string of the molecule is COCOC(COc1ccc([S+](c2ccccc2)c2ccc(OCC(F)C(F)(F)S(=O)(=O)O)cc2)cc1)(C(F)(F)F)C(F)(F)F. The average molecular weight is 696 g/mol. The molecule has 0 aliphatic rings. The molecule has 0 bridgehead atoms. The van der Waals surface area contributed by atoms with Gasteiger partial charge in [-0.1, -0.05) is 18.2 Å². The van der Waals surface area contributed by atoms with Gasteiger partial charge in [0.15, 0.2) is 14.7 Å². The Morgan fingerprint density at radius 3 is 1.60 bits per heavy atom. The van der Waals surface area contributed by atoms with Gasteiger partial charge in [-0.15, -0.1) is 0 Å². The molecule has 0 heterocycles. The normalized spacial score (nSPS) is 14.6. The standard InChI is InChI=1S/C27H23F9O7S2/c1-40-17-43-24(26(31,32)33,27(34,35)36)16-42-19-9-13-22(14-10-19)44(20-5-3-2-4-6-20)21-11-7-18(8-12-21)41-15-23(28)25(29,30)45(37,38)39/h2-14,23H,15-17H2,1H3/p+1. The van der Waals surface area contributed by atoms with E-state index in [9.17, 15) is 47.9 Å². The molecule has 3 rings (SSSR count). The molecular formula is C27H24F9O7S2+. The van der Waals surface area contributed by atoms with Gasteiger partial charge in [0.25, 0.3) is 5.60 Å². The summed E-state index contributed by atoms with van der Waals surface area (Å²) >= 11 is 0. The number of benzene rings is 3. The molecule has 2 atom stereocenters. The van der Waals surface area contributed by atoms with Crippen molar-refractivity contribution >= 4 is 21.0 Å². The van der Waals surface area contributed by atoms with Crippen molar-refractivity contribution in [3.8, 4) is 11.5 Å². The second-order valence-electron chi connectivity index (χ2n) is 9.04. The van der Waals surface area contributed by atoms with E-state index in [2.05, 4.69) is 9.47 Å². The first-order chi connectivity index (χ1) is 20.8. The van der Waals surface area contributed by atoms with E-state index < -0.39 is 70.4 Å². The van der Waals surface area contributed by atoms with Crippen molar-refractivity contribution in [2.45, 2.75) is 44.1 Å². The lowest BCUT2D eigenvalue weighted by Crippen LogP contribution is -2.62. The highest BCUT2D eigenvalue weighted by molar-refractivity contribution is 7.97. The number of hydrogen-bond donors (Lipinski definition) is 1. The monoisotopic (exact) mass is 695 g/mol. The number of hydrogen-bond acceptors (Lipinski definition) is 6. The molecule has 0 aliphatic heterocycles. The fourth-order valence-corrected chi connectivity index (χ4v) is 6.06. The third kappa shape index (κ3) is 8.35. The lowest BCUT2D eigenvalue weighted by atomic mass is 10.0. The van der Waals surface area contributed by atoms with Gasteiger partial charge in [0.05, 0.1) is 10.9 Å². The van der Waals surface area contributed by atoms with Gasteiger partial charge in [0, 0.05) is 7.11 Å². The summed E-state index contributed by atoms with van der Waals surface area (Å²) in [5.74, 6) is -0.457. The predicted octanol–water partition coefficient (Wildman–Crippen LogP) is 6.84. The smallest absolute Gasteiger partial charge is 0.430 e. The van der Waals surface area contributed by atoms with Crippen molar-refractivity contribution in [1.82, 2.24) is 0 Å². The molecule has 0 amide bonds. The Kier molecular flexibility index (Phi) is 11.3. The fourth-order valence-electron chi connectivity index (χ4n) is 3.61. The number of alkyl halides is 9. The Balaban J connectivity index is 1.84. The van der Waals surface area contributed by atoms with Crippen LogP contribution in [0.5, 0.6) is 11.5 Å². The largest absolute Gasteiger partial charge is 0.490 e. The van der Waals surface area contributed by atoms with Crippen molar-refractivity contribution in [2.75, 3.05) is 27.1 Å². The van der Waals surface area contributed by atoms with Crippen LogP contribution in [0.15, 0.2) is 93.5 Å². The van der Waals surface area contributed by atoms with Crippen LogP contribution in [-0.4, -0.2) is 69.5 Å². The molecule has 248 valence electrons. The summed E-state index contributed by atoms with van der Waals surface area (Å²) in [6, 6.07) is 19.4. The predicted molar refractivity (Wildman–Crippen MR) is 142 cm³/mol. The summed E-state index contributed by atoms with van der Waals surface area (Å²) in [5, 5.41) is -5.10. The molecule has 0 saturated carbocycles. The molecule has 7 nitrogen and oxygen atoms in total. The minimum absolute atomic E-state index is 0.124. The molecule has 0 saturated heterocycles. The van der Waals surface area contributed by atoms with E-state index in [0.29, 0.717) is 9.79 Å². The molecular weight excluding hydrogens is 671 g/mol. The van der Waals surface area contributed by atoms with Crippen LogP contribution in [-0.2, 0) is 30.5 Å². The third-order valence-corrected chi connectivity index (χ3v) is 9.16. The van der Waals surface area contributed by atoms with Gasteiger partial charge in [-0.05, 0) is 60.7 Å². The highest BCUT2D eigenvalue weighted by atomic mass is 32.2. The molecule has 45 heavy (non-hydrogen) atoms. The minimum Gasteiger partial charge on any atom is -0.490 e. The summed E-state index contributed by atoms with van der Waals surface area (Å²) in [4.78, 5) is 1.83. The molecule has 3 aromatic carbocycles. The topological polar surface area (TPSA) is 91.3 Å². The first-order valence-corrected chi connectivity index (χ1v) is 15.0. The van der Waals surface area contributed by atoms with E-state index in [1.807, 2.05) is 0 Å². The number of halogens is 9. The van der Waals surface area contributed by atoms with Gasteiger partial charge < -0.3 is 18.9 Å². The van der Waals surface area contributed by atoms with Gasteiger partial charge in [-0.2, -0.15) is 43.5 Å². The van der Waals surface area contributed by atoms with E-state index in [0.717, 1.165) is 12.0 Å². The molecule has 0 aromatic heterocycles. The maximum Gasteiger partial charge on any atom is 0.430 e. The van der Waals surface area contributed by atoms with Crippen LogP contribution in [0.1, 0.15) is 0 Å². The van der Waals surface area contributed by atoms with Crippen LogP contribution < -0.4 is 9.47 Å². The van der Waals surface area contributed by atoms with E-state index in [1.165, 1.54) is 48.5 Å². The minimum atomic E-state index is -6.02. The third-order valence-electron chi connectivity index (χ3n) is 5.98. The summed E-state index contributed by atoms with van der Waals surface area (Å²) in [5.41, 5.74) is -4.67. The van der Waals surface area contributed by atoms with Gasteiger partial charge in [0.2, 0.25) is 6.17 Å². The molecule has 0 aliphatic carbocycles. The first-order valence-electron chi connectivity index (χ1n) is 12.3. The van der Waals surface area contributed by atoms with Gasteiger partial charge >= 0.3 is 27.7 Å². The molecule has 1 N–H and O–H groups in total. The van der Waals surface area contributed by atoms with Gasteiger partial charge in [-0.3, -0.25) is 4.55 Å². The zero-order valence-electron chi connectivity index (χ0n) is 22.8. The Morgan fingerprint density at radius 1 is 0.733 bits per heavy atom. The second-order valence-corrected chi connectivity index (χ2v) is 12.6. The molecule has 0 spiro atoms. The van der Waals surface area contributed by atoms with Crippen molar-refractivity contribution in [2.24, 2.45) is 0 Å². The number of methoxy groups -OCH3 is 1. The summed E-state index contributed by atoms with van der Waals surface area (Å²) in [6.45, 7) is -4.67. The summed E-state index contributed by atoms with van der Waals surface area (Å²) in [6.07, 6.45) is -15.2. The van der Waals surface area contributed by atoms with E-state index in [-0.39, 0.29) is 11.5 Å². The van der Waals surface area contributed by atoms with Crippen molar-refractivity contribution in [3.05, 3.63) is 78.9 Å². The Hall–Kier alpha value is -3.19. The van der Waals surface area contributed by atoms with Crippen molar-refractivity contribution < 1.29 is 71.4 Å². The van der Waals surface area contributed by atoms with Crippen molar-refractivity contribution in [1.29, 1.82) is 0 Å². The zero-order valence-corrected chi connectivity index (χ0v) is 24.5. The van der Waals surface area contributed by atoms with Gasteiger partial charge in [-0.25, -0.2) is 4.39 Å². The Labute approximate surface area is 253 Å². The maximum absolute atomic E-state index is 13.8. The van der Waals surface area contributed by atoms with Crippen LogP contribution in [0.25, 0.3) is 0 Å². The first kappa shape index (κ1) is 36.3. The highest BCUT2D eigenvalue weighted by Crippen LogP contribution is 2.46. The molecule has 0 fully saturated rings. The Bertz CT molecular complexity index is 1470. The van der Waals surface area contributed by atoms with E-state index >= 15 is 0 Å². The highest BCUT2D eigenvalue weighted by Gasteiger charge is 2.73. The molecule has 0 radical (unpaired) electrons. The summed E-state index contributed by atoms with van der Waals surface area (Å²) < 4.78 is 170. The van der Waals surface area contributed by atoms with E-state index in [1.54, 1.807) is 30.3 Å². The fraction of sp³-hybridized carbons (Fsp3) is 0.333. The lowest BCUT2D eigenvalue weighted by Gasteiger charge is -2.36. The van der Waals surface area contributed by atoms with Gasteiger partial charge in [0.1, 0.15) is 31.5 Å². The van der Waals surface area contributed by atoms with Crippen LogP contribution in [0.2, 0.25) is 0 Å². The molecule has 3 aromatic rings. The van der Waals surface area contributed by atoms with Crippen LogP contribution in [0.4, 0.5) is 39.5 Å². The quantitative estimate of drug-likeness (QED) is 0.0855. The van der Waals surface area contributed by atoms with Crippen LogP contribution in [0.3, 0.4) is 0 Å². The lowest BCUT2D eigenvalue weighted by molar-refractivity contribution is -0.397. The van der Waals surface area contributed by atoms with Crippen LogP contribution >= 0.6 is 0 Å². The van der Waals surface area contributed by atoms with Crippen LogP contribution in [0, 0.1) is 0 Å². The maximum atomic E-state index is 13.8. The average Bonchev–Trinajstić information content (AvgIpc) is 2.96. The second kappa shape index (κ2) is 14.1. The molecule has 2 unspecified atom stereocenters. The summed E-state index contributed by atoms with van der Waals surface area (Å²) in [7, 11) is -6.11. The van der Waals surface area contributed by atoms with Crippen molar-refractivity contribution in [3.63, 3.8) is 0 Å².